The van der Waals surface area contributed by atoms with E-state index in [0.717, 1.165) is 46.2 Å². The fourth-order valence-corrected chi connectivity index (χ4v) is 5.13. The molecule has 1 amide bonds. The summed E-state index contributed by atoms with van der Waals surface area (Å²) >= 11 is 0. The Balaban J connectivity index is 1.70. The molecule has 2 aromatic carbocycles. The Morgan fingerprint density at radius 3 is 2.15 bits per heavy atom. The first kappa shape index (κ1) is 22.2. The van der Waals surface area contributed by atoms with Crippen molar-refractivity contribution in [3.8, 4) is 5.75 Å². The van der Waals surface area contributed by atoms with Crippen molar-refractivity contribution in [3.63, 3.8) is 0 Å². The van der Waals surface area contributed by atoms with Gasteiger partial charge in [0, 0.05) is 19.0 Å². The first-order chi connectivity index (χ1) is 16.2. The Bertz CT molecular complexity index is 1270. The third-order valence-electron chi connectivity index (χ3n) is 6.69. The van der Waals surface area contributed by atoms with Crippen molar-refractivity contribution in [3.05, 3.63) is 92.9 Å². The standard InChI is InChI=1S/C25H22F3N3O3/c26-25(27,28)11-12-30-14-19(31-22(24(30)34)23(33)20(32)13-29-31)21-17-7-3-1-5-15(17)9-10-16-6-2-4-8-18(16)21/h1-8,13,19,21,33H,9-12,14H2. The summed E-state index contributed by atoms with van der Waals surface area (Å²) in [5, 5.41) is 14.7. The monoisotopic (exact) mass is 469 g/mol. The maximum absolute atomic E-state index is 13.1. The van der Waals surface area contributed by atoms with Gasteiger partial charge in [0.2, 0.25) is 5.43 Å². The van der Waals surface area contributed by atoms with Crippen LogP contribution in [0.2, 0.25) is 0 Å². The summed E-state index contributed by atoms with van der Waals surface area (Å²) in [4.78, 5) is 26.3. The number of aromatic hydroxyl groups is 1. The van der Waals surface area contributed by atoms with Gasteiger partial charge in [-0.1, -0.05) is 48.5 Å². The number of nitrogens with zero attached hydrogens (tertiary/aromatic N) is 3. The lowest BCUT2D eigenvalue weighted by molar-refractivity contribution is -0.137. The van der Waals surface area contributed by atoms with Crippen LogP contribution < -0.4 is 5.43 Å². The number of rotatable bonds is 3. The minimum Gasteiger partial charge on any atom is -0.502 e. The number of aromatic nitrogens is 2. The van der Waals surface area contributed by atoms with Crippen LogP contribution in [0.3, 0.4) is 0 Å². The smallest absolute Gasteiger partial charge is 0.390 e. The van der Waals surface area contributed by atoms with E-state index in [1.54, 1.807) is 0 Å². The fourth-order valence-electron chi connectivity index (χ4n) is 5.13. The predicted molar refractivity (Wildman–Crippen MR) is 118 cm³/mol. The van der Waals surface area contributed by atoms with E-state index in [4.69, 9.17) is 0 Å². The van der Waals surface area contributed by atoms with Gasteiger partial charge in [-0.3, -0.25) is 14.3 Å². The summed E-state index contributed by atoms with van der Waals surface area (Å²) in [6, 6.07) is 15.1. The van der Waals surface area contributed by atoms with Crippen LogP contribution in [-0.4, -0.2) is 45.0 Å². The molecule has 0 saturated carbocycles. The molecule has 1 atom stereocenters. The molecular weight excluding hydrogens is 447 g/mol. The second kappa shape index (κ2) is 8.30. The molecule has 0 fully saturated rings. The molecule has 0 spiro atoms. The van der Waals surface area contributed by atoms with Crippen LogP contribution >= 0.6 is 0 Å². The van der Waals surface area contributed by atoms with E-state index < -0.39 is 42.3 Å². The lowest BCUT2D eigenvalue weighted by Crippen LogP contribution is -2.48. The van der Waals surface area contributed by atoms with E-state index >= 15 is 0 Å². The largest absolute Gasteiger partial charge is 0.502 e. The predicted octanol–water partition coefficient (Wildman–Crippen LogP) is 3.83. The molecule has 1 aliphatic carbocycles. The van der Waals surface area contributed by atoms with Gasteiger partial charge in [-0.05, 0) is 35.1 Å². The van der Waals surface area contributed by atoms with E-state index in [0.29, 0.717) is 0 Å². The van der Waals surface area contributed by atoms with Crippen LogP contribution in [0.15, 0.2) is 59.5 Å². The third-order valence-corrected chi connectivity index (χ3v) is 6.69. The third kappa shape index (κ3) is 3.85. The normalized spacial score (nSPS) is 18.1. The van der Waals surface area contributed by atoms with Crippen LogP contribution in [0.5, 0.6) is 5.75 Å². The summed E-state index contributed by atoms with van der Waals surface area (Å²) in [7, 11) is 0. The van der Waals surface area contributed by atoms with Gasteiger partial charge < -0.3 is 10.0 Å². The molecule has 0 bridgehead atoms. The highest BCUT2D eigenvalue weighted by atomic mass is 19.4. The molecular formula is C25H22F3N3O3. The Labute approximate surface area is 193 Å². The SMILES string of the molecule is O=C1c2c(O)c(=O)cnn2C(C2c3ccccc3CCc3ccccc32)CN1CCC(F)(F)F. The molecule has 1 aromatic heterocycles. The molecule has 2 aliphatic rings. The molecule has 1 N–H and O–H groups in total. The summed E-state index contributed by atoms with van der Waals surface area (Å²) in [6.07, 6.45) is -3.11. The zero-order valence-electron chi connectivity index (χ0n) is 18.1. The van der Waals surface area contributed by atoms with Crippen molar-refractivity contribution in [1.29, 1.82) is 0 Å². The van der Waals surface area contributed by atoms with Crippen molar-refractivity contribution < 1.29 is 23.1 Å². The van der Waals surface area contributed by atoms with E-state index in [2.05, 4.69) is 5.10 Å². The van der Waals surface area contributed by atoms with Crippen molar-refractivity contribution in [2.24, 2.45) is 0 Å². The van der Waals surface area contributed by atoms with E-state index in [1.807, 2.05) is 48.5 Å². The average molecular weight is 469 g/mol. The highest BCUT2D eigenvalue weighted by Gasteiger charge is 2.42. The molecule has 0 saturated heterocycles. The molecule has 5 rings (SSSR count). The second-order valence-electron chi connectivity index (χ2n) is 8.71. The number of halogens is 3. The summed E-state index contributed by atoms with van der Waals surface area (Å²) in [5.74, 6) is -1.97. The number of alkyl halides is 3. The van der Waals surface area contributed by atoms with Gasteiger partial charge in [0.15, 0.2) is 11.4 Å². The highest BCUT2D eigenvalue weighted by Crippen LogP contribution is 2.43. The van der Waals surface area contributed by atoms with Gasteiger partial charge in [0.25, 0.3) is 5.91 Å². The number of hydrogen-bond acceptors (Lipinski definition) is 4. The Morgan fingerprint density at radius 2 is 1.56 bits per heavy atom. The van der Waals surface area contributed by atoms with Crippen LogP contribution in [0.1, 0.15) is 51.1 Å². The molecule has 34 heavy (non-hydrogen) atoms. The molecule has 9 heteroatoms. The van der Waals surface area contributed by atoms with Gasteiger partial charge in [0.1, 0.15) is 0 Å². The van der Waals surface area contributed by atoms with Gasteiger partial charge in [0.05, 0.1) is 18.7 Å². The Hall–Kier alpha value is -3.62. The van der Waals surface area contributed by atoms with Crippen molar-refractivity contribution in [2.75, 3.05) is 13.1 Å². The lowest BCUT2D eigenvalue weighted by Gasteiger charge is -2.39. The van der Waals surface area contributed by atoms with Crippen LogP contribution in [-0.2, 0) is 12.8 Å². The second-order valence-corrected chi connectivity index (χ2v) is 8.71. The summed E-state index contributed by atoms with van der Waals surface area (Å²) in [5.41, 5.74) is 2.98. The number of carbonyl (C=O) groups is 1. The van der Waals surface area contributed by atoms with Gasteiger partial charge in [-0.2, -0.15) is 18.3 Å². The molecule has 2 heterocycles. The van der Waals surface area contributed by atoms with Crippen LogP contribution in [0.4, 0.5) is 13.2 Å². The lowest BCUT2D eigenvalue weighted by atomic mass is 9.81. The number of carbonyl (C=O) groups excluding carboxylic acids is 1. The Kier molecular flexibility index (Phi) is 5.42. The maximum Gasteiger partial charge on any atom is 0.390 e. The zero-order chi connectivity index (χ0) is 24.0. The molecule has 176 valence electrons. The topological polar surface area (TPSA) is 75.4 Å². The van der Waals surface area contributed by atoms with Crippen LogP contribution in [0, 0.1) is 0 Å². The van der Waals surface area contributed by atoms with Crippen molar-refractivity contribution >= 4 is 5.91 Å². The van der Waals surface area contributed by atoms with Gasteiger partial charge in [-0.15, -0.1) is 0 Å². The summed E-state index contributed by atoms with van der Waals surface area (Å²) < 4.78 is 40.4. The number of aryl methyl sites for hydroxylation is 2. The highest BCUT2D eigenvalue weighted by molar-refractivity contribution is 5.95. The number of fused-ring (bicyclic) bond motifs is 3. The number of benzene rings is 2. The minimum absolute atomic E-state index is 0.0371. The van der Waals surface area contributed by atoms with Crippen molar-refractivity contribution in [1.82, 2.24) is 14.7 Å². The number of hydrogen-bond donors (Lipinski definition) is 1. The van der Waals surface area contributed by atoms with E-state index in [1.165, 1.54) is 4.68 Å². The molecule has 6 nitrogen and oxygen atoms in total. The fraction of sp³-hybridized carbons (Fsp3) is 0.320. The molecule has 1 unspecified atom stereocenters. The molecule has 0 radical (unpaired) electrons. The molecule has 3 aromatic rings. The first-order valence-corrected chi connectivity index (χ1v) is 11.1. The Morgan fingerprint density at radius 1 is 0.971 bits per heavy atom. The first-order valence-electron chi connectivity index (χ1n) is 11.1. The molecule has 1 aliphatic heterocycles. The van der Waals surface area contributed by atoms with Gasteiger partial charge >= 0.3 is 6.18 Å². The van der Waals surface area contributed by atoms with Crippen LogP contribution in [0.25, 0.3) is 0 Å². The maximum atomic E-state index is 13.1. The van der Waals surface area contributed by atoms with E-state index in [-0.39, 0.29) is 18.2 Å². The quantitative estimate of drug-likeness (QED) is 0.633. The number of amides is 1. The minimum atomic E-state index is -4.45. The van der Waals surface area contributed by atoms with Crippen molar-refractivity contribution in [2.45, 2.75) is 37.4 Å². The summed E-state index contributed by atoms with van der Waals surface area (Å²) in [6.45, 7) is -0.609. The van der Waals surface area contributed by atoms with E-state index in [9.17, 15) is 27.9 Å². The zero-order valence-corrected chi connectivity index (χ0v) is 18.1. The van der Waals surface area contributed by atoms with Gasteiger partial charge in [-0.25, -0.2) is 0 Å². The average Bonchev–Trinajstić information content (AvgIpc) is 2.97.